The van der Waals surface area contributed by atoms with E-state index in [1.54, 1.807) is 0 Å². The van der Waals surface area contributed by atoms with Gasteiger partial charge in [-0.3, -0.25) is 0 Å². The predicted octanol–water partition coefficient (Wildman–Crippen LogP) is 3.52. The Hall–Kier alpha value is -0.350. The molecule has 0 radical (unpaired) electrons. The second kappa shape index (κ2) is 6.19. The zero-order chi connectivity index (χ0) is 10.4. The Labute approximate surface area is 99.7 Å². The summed E-state index contributed by atoms with van der Waals surface area (Å²) in [7, 11) is 0. The van der Waals surface area contributed by atoms with E-state index in [0.717, 1.165) is 13.0 Å². The van der Waals surface area contributed by atoms with Crippen molar-refractivity contribution in [1.82, 2.24) is 5.32 Å². The first-order chi connectivity index (χ1) is 6.77. The van der Waals surface area contributed by atoms with Gasteiger partial charge in [0, 0.05) is 3.57 Å². The summed E-state index contributed by atoms with van der Waals surface area (Å²) in [5.74, 6) is 0. The molecule has 1 N–H and O–H groups in total. The monoisotopic (exact) mass is 301 g/mol. The fourth-order valence-electron chi connectivity index (χ4n) is 1.34. The van der Waals surface area contributed by atoms with Gasteiger partial charge in [-0.1, -0.05) is 25.1 Å². The van der Waals surface area contributed by atoms with Crippen molar-refractivity contribution in [1.29, 1.82) is 0 Å². The van der Waals surface area contributed by atoms with Crippen molar-refractivity contribution in [2.75, 3.05) is 6.54 Å². The molecule has 0 saturated heterocycles. The van der Waals surface area contributed by atoms with Crippen LogP contribution in [0, 0.1) is 3.57 Å². The molecule has 0 aliphatic heterocycles. The van der Waals surface area contributed by atoms with E-state index in [4.69, 9.17) is 0 Å². The van der Waals surface area contributed by atoms with E-state index in [9.17, 15) is 0 Å². The van der Waals surface area contributed by atoms with Crippen molar-refractivity contribution in [2.24, 2.45) is 0 Å². The Morgan fingerprint density at radius 3 is 2.93 bits per heavy atom. The lowest BCUT2D eigenvalue weighted by Gasteiger charge is -2.14. The minimum atomic E-state index is 0.282. The molecular formula is C12H16IN. The summed E-state index contributed by atoms with van der Waals surface area (Å²) in [5.41, 5.74) is 1.29. The van der Waals surface area contributed by atoms with Gasteiger partial charge in [0.15, 0.2) is 0 Å². The molecule has 1 atom stereocenters. The fourth-order valence-corrected chi connectivity index (χ4v) is 1.90. The number of hydrogen-bond acceptors (Lipinski definition) is 1. The maximum absolute atomic E-state index is 3.86. The Bertz CT molecular complexity index is 296. The maximum atomic E-state index is 3.86. The number of rotatable bonds is 5. The van der Waals surface area contributed by atoms with Gasteiger partial charge in [0.1, 0.15) is 0 Å². The first-order valence-electron chi connectivity index (χ1n) is 4.89. The summed E-state index contributed by atoms with van der Waals surface area (Å²) >= 11 is 2.33. The van der Waals surface area contributed by atoms with E-state index in [0.29, 0.717) is 0 Å². The molecule has 1 aromatic carbocycles. The Kier molecular flexibility index (Phi) is 5.19. The van der Waals surface area contributed by atoms with Gasteiger partial charge in [-0.2, -0.15) is 0 Å². The first kappa shape index (κ1) is 11.7. The summed E-state index contributed by atoms with van der Waals surface area (Å²) in [6.45, 7) is 7.05. The molecule has 0 amide bonds. The lowest BCUT2D eigenvalue weighted by atomic mass is 10.1. The number of hydrogen-bond donors (Lipinski definition) is 1. The molecule has 0 aliphatic rings. The molecule has 2 heteroatoms. The van der Waals surface area contributed by atoms with Crippen LogP contribution in [0.2, 0.25) is 0 Å². The van der Waals surface area contributed by atoms with Crippen LogP contribution in [-0.4, -0.2) is 6.54 Å². The molecule has 0 aliphatic carbocycles. The molecule has 1 rings (SSSR count). The second-order valence-electron chi connectivity index (χ2n) is 3.22. The molecule has 1 unspecified atom stereocenters. The summed E-state index contributed by atoms with van der Waals surface area (Å²) in [6, 6.07) is 8.79. The molecule has 0 bridgehead atoms. The molecule has 14 heavy (non-hydrogen) atoms. The zero-order valence-corrected chi connectivity index (χ0v) is 10.6. The molecule has 0 heterocycles. The summed E-state index contributed by atoms with van der Waals surface area (Å²) in [5, 5.41) is 3.44. The topological polar surface area (TPSA) is 12.0 Å². The van der Waals surface area contributed by atoms with Crippen molar-refractivity contribution in [3.8, 4) is 0 Å². The molecule has 76 valence electrons. The van der Waals surface area contributed by atoms with Gasteiger partial charge in [0.05, 0.1) is 6.04 Å². The Morgan fingerprint density at radius 1 is 1.57 bits per heavy atom. The standard InChI is InChI=1S/C12H16IN/c1-3-8-14-12(4-2)10-6-5-7-11(13)9-10/h4-7,9,12,14H,2-3,8H2,1H3. The number of halogens is 1. The lowest BCUT2D eigenvalue weighted by Crippen LogP contribution is -2.20. The van der Waals surface area contributed by atoms with E-state index in [-0.39, 0.29) is 6.04 Å². The van der Waals surface area contributed by atoms with Crippen LogP contribution in [0.4, 0.5) is 0 Å². The molecule has 1 aromatic rings. The van der Waals surface area contributed by atoms with Crippen molar-refractivity contribution < 1.29 is 0 Å². The Balaban J connectivity index is 2.73. The SMILES string of the molecule is C=CC(NCCC)c1cccc(I)c1. The molecule has 0 saturated carbocycles. The highest BCUT2D eigenvalue weighted by molar-refractivity contribution is 14.1. The van der Waals surface area contributed by atoms with Crippen LogP contribution >= 0.6 is 22.6 Å². The fraction of sp³-hybridized carbons (Fsp3) is 0.333. The van der Waals surface area contributed by atoms with E-state index in [1.807, 2.05) is 6.08 Å². The average molecular weight is 301 g/mol. The third kappa shape index (κ3) is 3.42. The Morgan fingerprint density at radius 2 is 2.36 bits per heavy atom. The maximum Gasteiger partial charge on any atom is 0.0504 e. The third-order valence-corrected chi connectivity index (χ3v) is 2.73. The molecular weight excluding hydrogens is 285 g/mol. The normalized spacial score (nSPS) is 12.4. The van der Waals surface area contributed by atoms with Crippen LogP contribution in [0.1, 0.15) is 24.9 Å². The highest BCUT2D eigenvalue weighted by Crippen LogP contribution is 2.16. The smallest absolute Gasteiger partial charge is 0.0504 e. The highest BCUT2D eigenvalue weighted by atomic mass is 127. The van der Waals surface area contributed by atoms with E-state index >= 15 is 0 Å². The molecule has 0 aromatic heterocycles. The van der Waals surface area contributed by atoms with Crippen molar-refractivity contribution in [3.05, 3.63) is 46.1 Å². The van der Waals surface area contributed by atoms with Crippen molar-refractivity contribution in [3.63, 3.8) is 0 Å². The van der Waals surface area contributed by atoms with Crippen molar-refractivity contribution in [2.45, 2.75) is 19.4 Å². The van der Waals surface area contributed by atoms with Gasteiger partial charge in [-0.05, 0) is 53.3 Å². The van der Waals surface area contributed by atoms with Crippen LogP contribution in [0.5, 0.6) is 0 Å². The quantitative estimate of drug-likeness (QED) is 0.648. The first-order valence-corrected chi connectivity index (χ1v) is 5.97. The van der Waals surface area contributed by atoms with E-state index < -0.39 is 0 Å². The summed E-state index contributed by atoms with van der Waals surface area (Å²) in [6.07, 6.45) is 3.11. The molecule has 0 fully saturated rings. The molecule has 0 spiro atoms. The predicted molar refractivity (Wildman–Crippen MR) is 70.4 cm³/mol. The van der Waals surface area contributed by atoms with Gasteiger partial charge in [-0.15, -0.1) is 6.58 Å². The largest absolute Gasteiger partial charge is 0.307 e. The van der Waals surface area contributed by atoms with Gasteiger partial charge >= 0.3 is 0 Å². The number of benzene rings is 1. The van der Waals surface area contributed by atoms with Gasteiger partial charge < -0.3 is 5.32 Å². The number of nitrogens with one attached hydrogen (secondary N) is 1. The third-order valence-electron chi connectivity index (χ3n) is 2.06. The van der Waals surface area contributed by atoms with Gasteiger partial charge in [0.2, 0.25) is 0 Å². The highest BCUT2D eigenvalue weighted by Gasteiger charge is 2.05. The minimum Gasteiger partial charge on any atom is -0.307 e. The minimum absolute atomic E-state index is 0.282. The van der Waals surface area contributed by atoms with Gasteiger partial charge in [0.25, 0.3) is 0 Å². The van der Waals surface area contributed by atoms with Crippen LogP contribution < -0.4 is 5.32 Å². The summed E-state index contributed by atoms with van der Waals surface area (Å²) < 4.78 is 1.27. The van der Waals surface area contributed by atoms with Crippen molar-refractivity contribution >= 4 is 22.6 Å². The van der Waals surface area contributed by atoms with Crippen LogP contribution in [0.3, 0.4) is 0 Å². The molecule has 1 nitrogen and oxygen atoms in total. The van der Waals surface area contributed by atoms with Gasteiger partial charge in [-0.25, -0.2) is 0 Å². The van der Waals surface area contributed by atoms with E-state index in [1.165, 1.54) is 9.13 Å². The van der Waals surface area contributed by atoms with Crippen LogP contribution in [-0.2, 0) is 0 Å². The zero-order valence-electron chi connectivity index (χ0n) is 8.46. The van der Waals surface area contributed by atoms with Crippen LogP contribution in [0.25, 0.3) is 0 Å². The van der Waals surface area contributed by atoms with E-state index in [2.05, 4.69) is 65.7 Å². The summed E-state index contributed by atoms with van der Waals surface area (Å²) in [4.78, 5) is 0. The average Bonchev–Trinajstić information content (AvgIpc) is 2.19. The second-order valence-corrected chi connectivity index (χ2v) is 4.47. The van der Waals surface area contributed by atoms with Crippen LogP contribution in [0.15, 0.2) is 36.9 Å². The lowest BCUT2D eigenvalue weighted by molar-refractivity contribution is 0.613.